The molecule has 1 aromatic heterocycles. The van der Waals surface area contributed by atoms with Gasteiger partial charge in [0.05, 0.1) is 12.3 Å². The molecule has 128 valence electrons. The number of hydrogen-bond acceptors (Lipinski definition) is 5. The molecule has 0 saturated carbocycles. The average Bonchev–Trinajstić information content (AvgIpc) is 3.21. The number of benzene rings is 1. The standard InChI is InChI=1S/C17H21N3O3S/c1-11(2)19(3)17(22)14-9-24-10-20(14)16(21)8-13-12-6-4-5-7-15(12)23-18-13/h4-7,11,14H,8-10H2,1-3H3/t14-/m0/s1. The van der Waals surface area contributed by atoms with Crippen molar-refractivity contribution in [3.05, 3.63) is 30.0 Å². The normalized spacial score (nSPS) is 17.7. The van der Waals surface area contributed by atoms with E-state index in [0.29, 0.717) is 22.9 Å². The molecule has 1 aliphatic rings. The summed E-state index contributed by atoms with van der Waals surface area (Å²) >= 11 is 1.61. The highest BCUT2D eigenvalue weighted by Crippen LogP contribution is 2.25. The summed E-state index contributed by atoms with van der Waals surface area (Å²) in [7, 11) is 1.78. The third kappa shape index (κ3) is 3.13. The van der Waals surface area contributed by atoms with Crippen LogP contribution in [-0.2, 0) is 16.0 Å². The van der Waals surface area contributed by atoms with Crippen LogP contribution in [0.2, 0.25) is 0 Å². The van der Waals surface area contributed by atoms with Gasteiger partial charge in [0.25, 0.3) is 0 Å². The number of thioether (sulfide) groups is 1. The molecule has 6 nitrogen and oxygen atoms in total. The van der Waals surface area contributed by atoms with E-state index in [9.17, 15) is 9.59 Å². The number of nitrogens with zero attached hydrogens (tertiary/aromatic N) is 3. The Kier molecular flexibility index (Phi) is 4.80. The molecule has 3 rings (SSSR count). The van der Waals surface area contributed by atoms with Gasteiger partial charge in [-0.1, -0.05) is 17.3 Å². The van der Waals surface area contributed by atoms with Crippen LogP contribution in [0.25, 0.3) is 11.0 Å². The molecule has 0 bridgehead atoms. The maximum absolute atomic E-state index is 12.7. The molecule has 0 N–H and O–H groups in total. The van der Waals surface area contributed by atoms with Gasteiger partial charge in [-0.2, -0.15) is 0 Å². The summed E-state index contributed by atoms with van der Waals surface area (Å²) in [6.45, 7) is 3.93. The van der Waals surface area contributed by atoms with Crippen molar-refractivity contribution >= 4 is 34.5 Å². The lowest BCUT2D eigenvalue weighted by atomic mass is 10.1. The van der Waals surface area contributed by atoms with Crippen LogP contribution in [0.5, 0.6) is 0 Å². The Bertz CT molecular complexity index is 758. The molecular weight excluding hydrogens is 326 g/mol. The van der Waals surface area contributed by atoms with Crippen molar-refractivity contribution in [2.75, 3.05) is 18.7 Å². The van der Waals surface area contributed by atoms with Gasteiger partial charge < -0.3 is 14.3 Å². The van der Waals surface area contributed by atoms with Crippen LogP contribution in [-0.4, -0.2) is 57.5 Å². The summed E-state index contributed by atoms with van der Waals surface area (Å²) in [5, 5.41) is 4.86. The fourth-order valence-electron chi connectivity index (χ4n) is 2.69. The second-order valence-electron chi connectivity index (χ2n) is 6.22. The number of para-hydroxylation sites is 1. The molecule has 1 atom stereocenters. The largest absolute Gasteiger partial charge is 0.356 e. The molecule has 1 saturated heterocycles. The summed E-state index contributed by atoms with van der Waals surface area (Å²) in [4.78, 5) is 28.7. The van der Waals surface area contributed by atoms with E-state index >= 15 is 0 Å². The second kappa shape index (κ2) is 6.84. The molecule has 1 aromatic carbocycles. The molecule has 2 amide bonds. The quantitative estimate of drug-likeness (QED) is 0.848. The molecule has 1 aliphatic heterocycles. The molecule has 2 aromatic rings. The van der Waals surface area contributed by atoms with E-state index in [0.717, 1.165) is 5.39 Å². The Morgan fingerprint density at radius 3 is 2.92 bits per heavy atom. The van der Waals surface area contributed by atoms with E-state index in [1.807, 2.05) is 38.1 Å². The van der Waals surface area contributed by atoms with Crippen molar-refractivity contribution in [3.8, 4) is 0 Å². The van der Waals surface area contributed by atoms with Crippen molar-refractivity contribution in [1.82, 2.24) is 15.0 Å². The zero-order valence-electron chi connectivity index (χ0n) is 14.1. The van der Waals surface area contributed by atoms with Crippen LogP contribution in [0.1, 0.15) is 19.5 Å². The minimum atomic E-state index is -0.395. The van der Waals surface area contributed by atoms with Crippen molar-refractivity contribution in [2.24, 2.45) is 0 Å². The van der Waals surface area contributed by atoms with Gasteiger partial charge in [0.15, 0.2) is 5.58 Å². The Morgan fingerprint density at radius 1 is 1.42 bits per heavy atom. The van der Waals surface area contributed by atoms with Crippen LogP contribution in [0.3, 0.4) is 0 Å². The summed E-state index contributed by atoms with van der Waals surface area (Å²) in [5.74, 6) is 1.08. The number of carbonyl (C=O) groups is 2. The number of hydrogen-bond donors (Lipinski definition) is 0. The lowest BCUT2D eigenvalue weighted by Gasteiger charge is -2.29. The number of amides is 2. The highest BCUT2D eigenvalue weighted by molar-refractivity contribution is 7.99. The van der Waals surface area contributed by atoms with Gasteiger partial charge in [-0.25, -0.2) is 0 Å². The minimum Gasteiger partial charge on any atom is -0.356 e. The molecule has 2 heterocycles. The van der Waals surface area contributed by atoms with Crippen LogP contribution < -0.4 is 0 Å². The maximum Gasteiger partial charge on any atom is 0.246 e. The first kappa shape index (κ1) is 16.8. The summed E-state index contributed by atoms with van der Waals surface area (Å²) in [6.07, 6.45) is 0.146. The van der Waals surface area contributed by atoms with E-state index in [2.05, 4.69) is 5.16 Å². The van der Waals surface area contributed by atoms with Crippen molar-refractivity contribution in [2.45, 2.75) is 32.4 Å². The van der Waals surface area contributed by atoms with Gasteiger partial charge >= 0.3 is 0 Å². The fraction of sp³-hybridized carbons (Fsp3) is 0.471. The van der Waals surface area contributed by atoms with Crippen molar-refractivity contribution in [1.29, 1.82) is 0 Å². The Labute approximate surface area is 145 Å². The topological polar surface area (TPSA) is 66.7 Å². The summed E-state index contributed by atoms with van der Waals surface area (Å²) < 4.78 is 5.26. The van der Waals surface area contributed by atoms with Crippen molar-refractivity contribution in [3.63, 3.8) is 0 Å². The average molecular weight is 347 g/mol. The monoisotopic (exact) mass is 347 g/mol. The number of rotatable bonds is 4. The highest BCUT2D eigenvalue weighted by atomic mass is 32.2. The van der Waals surface area contributed by atoms with E-state index in [4.69, 9.17) is 4.52 Å². The third-order valence-corrected chi connectivity index (χ3v) is 5.39. The van der Waals surface area contributed by atoms with E-state index in [1.165, 1.54) is 0 Å². The van der Waals surface area contributed by atoms with Gasteiger partial charge in [0, 0.05) is 24.2 Å². The third-order valence-electron chi connectivity index (χ3n) is 4.38. The van der Waals surface area contributed by atoms with E-state index < -0.39 is 6.04 Å². The molecule has 0 unspecified atom stereocenters. The Hall–Kier alpha value is -2.02. The van der Waals surface area contributed by atoms with Gasteiger partial charge in [0.2, 0.25) is 11.8 Å². The molecule has 0 aliphatic carbocycles. The van der Waals surface area contributed by atoms with Crippen molar-refractivity contribution < 1.29 is 14.1 Å². The lowest BCUT2D eigenvalue weighted by Crippen LogP contribution is -2.49. The first-order valence-corrected chi connectivity index (χ1v) is 9.11. The second-order valence-corrected chi connectivity index (χ2v) is 7.22. The zero-order chi connectivity index (χ0) is 17.3. The molecular formula is C17H21N3O3S. The zero-order valence-corrected chi connectivity index (χ0v) is 14.9. The first-order valence-electron chi connectivity index (χ1n) is 7.96. The lowest BCUT2D eigenvalue weighted by molar-refractivity contribution is -0.143. The Morgan fingerprint density at radius 2 is 2.17 bits per heavy atom. The smallest absolute Gasteiger partial charge is 0.246 e. The SMILES string of the molecule is CC(C)N(C)C(=O)[C@@H]1CSCN1C(=O)Cc1noc2ccccc12. The van der Waals surface area contributed by atoms with Crippen LogP contribution in [0.15, 0.2) is 28.8 Å². The molecule has 0 spiro atoms. The van der Waals surface area contributed by atoms with Gasteiger partial charge in [-0.15, -0.1) is 11.8 Å². The number of fused-ring (bicyclic) bond motifs is 1. The molecule has 7 heteroatoms. The van der Waals surface area contributed by atoms with Gasteiger partial charge in [-0.3, -0.25) is 9.59 Å². The predicted octanol–water partition coefficient (Wildman–Crippen LogP) is 2.14. The molecule has 1 fully saturated rings. The van der Waals surface area contributed by atoms with Crippen LogP contribution in [0, 0.1) is 0 Å². The summed E-state index contributed by atoms with van der Waals surface area (Å²) in [6, 6.07) is 7.19. The number of likely N-dealkylation sites (N-methyl/N-ethyl adjacent to an activating group) is 1. The maximum atomic E-state index is 12.7. The van der Waals surface area contributed by atoms with Crippen LogP contribution >= 0.6 is 11.8 Å². The van der Waals surface area contributed by atoms with Gasteiger partial charge in [-0.05, 0) is 26.0 Å². The fourth-order valence-corrected chi connectivity index (χ4v) is 3.86. The van der Waals surface area contributed by atoms with E-state index in [-0.39, 0.29) is 24.3 Å². The number of aromatic nitrogens is 1. The van der Waals surface area contributed by atoms with E-state index in [1.54, 1.807) is 28.6 Å². The predicted molar refractivity (Wildman–Crippen MR) is 93.6 cm³/mol. The molecule has 24 heavy (non-hydrogen) atoms. The summed E-state index contributed by atoms with van der Waals surface area (Å²) in [5.41, 5.74) is 1.29. The highest BCUT2D eigenvalue weighted by Gasteiger charge is 2.37. The minimum absolute atomic E-state index is 0.00615. The van der Waals surface area contributed by atoms with Crippen LogP contribution in [0.4, 0.5) is 0 Å². The molecule has 0 radical (unpaired) electrons. The van der Waals surface area contributed by atoms with Gasteiger partial charge in [0.1, 0.15) is 11.7 Å². The first-order chi connectivity index (χ1) is 11.5. The number of carbonyl (C=O) groups excluding carboxylic acids is 2. The Balaban J connectivity index is 1.75.